The Balaban J connectivity index is 1.84. The van der Waals surface area contributed by atoms with Gasteiger partial charge in [-0.2, -0.15) is 0 Å². The number of anilines is 1. The summed E-state index contributed by atoms with van der Waals surface area (Å²) in [5.41, 5.74) is 4.13. The van der Waals surface area contributed by atoms with Crippen molar-refractivity contribution in [2.45, 2.75) is 32.9 Å². The fourth-order valence-electron chi connectivity index (χ4n) is 3.82. The third-order valence-corrected chi connectivity index (χ3v) is 6.30. The number of carbonyl (C=O) groups excluding carboxylic acids is 1. The van der Waals surface area contributed by atoms with Gasteiger partial charge in [0.2, 0.25) is 10.0 Å². The van der Waals surface area contributed by atoms with E-state index in [4.69, 9.17) is 4.74 Å². The van der Waals surface area contributed by atoms with Gasteiger partial charge in [0.15, 0.2) is 0 Å². The molecule has 1 aliphatic rings. The Morgan fingerprint density at radius 2 is 1.96 bits per heavy atom. The fraction of sp³-hybridized carbons (Fsp3) is 0.381. The molecule has 28 heavy (non-hydrogen) atoms. The van der Waals surface area contributed by atoms with Gasteiger partial charge < -0.3 is 9.64 Å². The fourth-order valence-corrected chi connectivity index (χ4v) is 5.08. The largest absolute Gasteiger partial charge is 0.496 e. The van der Waals surface area contributed by atoms with Gasteiger partial charge in [0.1, 0.15) is 5.75 Å². The van der Waals surface area contributed by atoms with Gasteiger partial charge in [-0.05, 0) is 50.1 Å². The number of aryl methyl sites for hydroxylation is 1. The number of amides is 1. The maximum atomic E-state index is 12.9. The van der Waals surface area contributed by atoms with Crippen molar-refractivity contribution in [2.75, 3.05) is 24.7 Å². The maximum Gasteiger partial charge on any atom is 0.253 e. The minimum Gasteiger partial charge on any atom is -0.496 e. The first-order valence-corrected chi connectivity index (χ1v) is 11.0. The number of carbonyl (C=O) groups is 1. The SMILES string of the molecule is COc1ccc(C)cc1CN(C)C(=O)c1ccc2c(c1)C[C@H](C)N2S(C)(=O)=O. The second-order valence-corrected chi connectivity index (χ2v) is 9.29. The smallest absolute Gasteiger partial charge is 0.253 e. The molecule has 0 radical (unpaired) electrons. The molecule has 2 aromatic rings. The van der Waals surface area contributed by atoms with Crippen LogP contribution in [0.5, 0.6) is 5.75 Å². The van der Waals surface area contributed by atoms with Gasteiger partial charge in [-0.25, -0.2) is 8.42 Å². The molecule has 1 atom stereocenters. The maximum absolute atomic E-state index is 12.9. The van der Waals surface area contributed by atoms with E-state index < -0.39 is 10.0 Å². The van der Waals surface area contributed by atoms with Crippen LogP contribution in [-0.2, 0) is 23.0 Å². The highest BCUT2D eigenvalue weighted by atomic mass is 32.2. The third-order valence-electron chi connectivity index (χ3n) is 5.03. The number of sulfonamides is 1. The molecule has 0 spiro atoms. The molecule has 0 N–H and O–H groups in total. The lowest BCUT2D eigenvalue weighted by atomic mass is 10.1. The van der Waals surface area contributed by atoms with Crippen molar-refractivity contribution < 1.29 is 17.9 Å². The van der Waals surface area contributed by atoms with Crippen molar-refractivity contribution in [3.63, 3.8) is 0 Å². The summed E-state index contributed by atoms with van der Waals surface area (Å²) in [5, 5.41) is 0. The Morgan fingerprint density at radius 1 is 1.25 bits per heavy atom. The van der Waals surface area contributed by atoms with Crippen molar-refractivity contribution in [1.82, 2.24) is 4.90 Å². The second kappa shape index (κ2) is 7.47. The van der Waals surface area contributed by atoms with Crippen LogP contribution in [0, 0.1) is 6.92 Å². The first-order chi connectivity index (χ1) is 13.1. The molecule has 1 amide bonds. The second-order valence-electron chi connectivity index (χ2n) is 7.43. The lowest BCUT2D eigenvalue weighted by molar-refractivity contribution is 0.0784. The zero-order chi connectivity index (χ0) is 20.6. The van der Waals surface area contributed by atoms with Crippen LogP contribution < -0.4 is 9.04 Å². The average molecular weight is 403 g/mol. The molecule has 0 aliphatic carbocycles. The van der Waals surface area contributed by atoms with Gasteiger partial charge in [0.05, 0.1) is 19.1 Å². The molecule has 0 bridgehead atoms. The standard InChI is InChI=1S/C21H26N2O4S/c1-14-6-9-20(27-4)18(10-14)13-22(3)21(24)16-7-8-19-17(12-16)11-15(2)23(19)28(5,25)26/h6-10,12,15H,11,13H2,1-5H3/t15-/m0/s1. The van der Waals surface area contributed by atoms with Crippen LogP contribution in [0.3, 0.4) is 0 Å². The van der Waals surface area contributed by atoms with Crippen molar-refractivity contribution in [3.05, 3.63) is 58.7 Å². The number of benzene rings is 2. The van der Waals surface area contributed by atoms with E-state index in [1.54, 1.807) is 31.2 Å². The highest BCUT2D eigenvalue weighted by Gasteiger charge is 2.33. The van der Waals surface area contributed by atoms with Crippen molar-refractivity contribution in [3.8, 4) is 5.75 Å². The molecule has 6 nitrogen and oxygen atoms in total. The lowest BCUT2D eigenvalue weighted by Crippen LogP contribution is -2.34. The summed E-state index contributed by atoms with van der Waals surface area (Å²) < 4.78 is 31.0. The quantitative estimate of drug-likeness (QED) is 0.771. The van der Waals surface area contributed by atoms with Gasteiger partial charge in [-0.15, -0.1) is 0 Å². The molecule has 2 aromatic carbocycles. The highest BCUT2D eigenvalue weighted by molar-refractivity contribution is 7.92. The van der Waals surface area contributed by atoms with Crippen LogP contribution in [-0.4, -0.2) is 45.7 Å². The van der Waals surface area contributed by atoms with E-state index >= 15 is 0 Å². The molecular weight excluding hydrogens is 376 g/mol. The summed E-state index contributed by atoms with van der Waals surface area (Å²) in [5.74, 6) is 0.633. The Hall–Kier alpha value is -2.54. The van der Waals surface area contributed by atoms with Crippen LogP contribution in [0.4, 0.5) is 5.69 Å². The number of fused-ring (bicyclic) bond motifs is 1. The number of hydrogen-bond donors (Lipinski definition) is 0. The molecule has 3 rings (SSSR count). The van der Waals surface area contributed by atoms with Gasteiger partial charge in [-0.3, -0.25) is 9.10 Å². The molecule has 150 valence electrons. The number of rotatable bonds is 5. The van der Waals surface area contributed by atoms with E-state index in [-0.39, 0.29) is 11.9 Å². The summed E-state index contributed by atoms with van der Waals surface area (Å²) in [7, 11) is 0.0260. The monoisotopic (exact) mass is 402 g/mol. The zero-order valence-corrected chi connectivity index (χ0v) is 17.7. The molecule has 0 saturated heterocycles. The first kappa shape index (κ1) is 20.2. The first-order valence-electron chi connectivity index (χ1n) is 9.13. The van der Waals surface area contributed by atoms with Crippen LogP contribution in [0.1, 0.15) is 34.0 Å². The van der Waals surface area contributed by atoms with Crippen LogP contribution in [0.15, 0.2) is 36.4 Å². The van der Waals surface area contributed by atoms with E-state index in [1.165, 1.54) is 10.6 Å². The molecule has 0 saturated carbocycles. The molecule has 0 aromatic heterocycles. The third kappa shape index (κ3) is 3.85. The minimum atomic E-state index is -3.34. The minimum absolute atomic E-state index is 0.114. The topological polar surface area (TPSA) is 66.9 Å². The zero-order valence-electron chi connectivity index (χ0n) is 16.9. The summed E-state index contributed by atoms with van der Waals surface area (Å²) >= 11 is 0. The Labute approximate surface area is 166 Å². The normalized spacial score (nSPS) is 16.0. The summed E-state index contributed by atoms with van der Waals surface area (Å²) in [6, 6.07) is 11.0. The van der Waals surface area contributed by atoms with Gasteiger partial charge in [0, 0.05) is 30.8 Å². The average Bonchev–Trinajstić information content (AvgIpc) is 2.96. The predicted molar refractivity (Wildman–Crippen MR) is 110 cm³/mol. The lowest BCUT2D eigenvalue weighted by Gasteiger charge is -2.22. The van der Waals surface area contributed by atoms with E-state index in [0.717, 1.165) is 22.4 Å². The van der Waals surface area contributed by atoms with E-state index in [2.05, 4.69) is 0 Å². The van der Waals surface area contributed by atoms with Gasteiger partial charge in [-0.1, -0.05) is 17.7 Å². The molecule has 1 heterocycles. The number of methoxy groups -OCH3 is 1. The van der Waals surface area contributed by atoms with Gasteiger partial charge >= 0.3 is 0 Å². The van der Waals surface area contributed by atoms with Crippen molar-refractivity contribution in [2.24, 2.45) is 0 Å². The summed E-state index contributed by atoms with van der Waals surface area (Å²) in [6.45, 7) is 4.30. The van der Waals surface area contributed by atoms with E-state index in [0.29, 0.717) is 24.2 Å². The van der Waals surface area contributed by atoms with E-state index in [9.17, 15) is 13.2 Å². The summed E-state index contributed by atoms with van der Waals surface area (Å²) in [4.78, 5) is 14.6. The number of hydrogen-bond acceptors (Lipinski definition) is 4. The number of nitrogens with zero attached hydrogens (tertiary/aromatic N) is 2. The number of ether oxygens (including phenoxy) is 1. The van der Waals surface area contributed by atoms with Crippen LogP contribution in [0.2, 0.25) is 0 Å². The van der Waals surface area contributed by atoms with E-state index in [1.807, 2.05) is 38.1 Å². The Morgan fingerprint density at radius 3 is 2.61 bits per heavy atom. The van der Waals surface area contributed by atoms with Crippen LogP contribution >= 0.6 is 0 Å². The van der Waals surface area contributed by atoms with Crippen LogP contribution in [0.25, 0.3) is 0 Å². The molecule has 0 unspecified atom stereocenters. The Bertz CT molecular complexity index is 1020. The molecule has 7 heteroatoms. The van der Waals surface area contributed by atoms with Crippen molar-refractivity contribution in [1.29, 1.82) is 0 Å². The molecule has 0 fully saturated rings. The predicted octanol–water partition coefficient (Wildman–Crippen LogP) is 2.99. The highest BCUT2D eigenvalue weighted by Crippen LogP contribution is 2.35. The Kier molecular flexibility index (Phi) is 5.39. The van der Waals surface area contributed by atoms with Crippen molar-refractivity contribution >= 4 is 21.6 Å². The molecular formula is C21H26N2O4S. The van der Waals surface area contributed by atoms with Gasteiger partial charge in [0.25, 0.3) is 5.91 Å². The molecule has 1 aliphatic heterocycles. The summed E-state index contributed by atoms with van der Waals surface area (Å²) in [6.07, 6.45) is 1.81.